The second-order valence-electron chi connectivity index (χ2n) is 2.34. The van der Waals surface area contributed by atoms with E-state index in [2.05, 4.69) is 6.58 Å². The van der Waals surface area contributed by atoms with E-state index in [1.54, 1.807) is 36.4 Å². The van der Waals surface area contributed by atoms with Crippen molar-refractivity contribution in [3.8, 4) is 0 Å². The van der Waals surface area contributed by atoms with Crippen LogP contribution in [-0.4, -0.2) is 14.2 Å². The molecule has 13 heavy (non-hydrogen) atoms. The predicted molar refractivity (Wildman–Crippen MR) is 56.3 cm³/mol. The topological polar surface area (TPSA) is 34.1 Å². The molecule has 1 rings (SSSR count). The highest BCUT2D eigenvalue weighted by molar-refractivity contribution is 8.72. The Hall–Kier alpha value is -0.740. The quantitative estimate of drug-likeness (QED) is 0.569. The van der Waals surface area contributed by atoms with Crippen molar-refractivity contribution >= 4 is 19.7 Å². The zero-order chi connectivity index (χ0) is 9.73. The molecule has 0 spiro atoms. The average molecular weight is 214 g/mol. The van der Waals surface area contributed by atoms with E-state index in [-0.39, 0.29) is 0 Å². The fourth-order valence-electron chi connectivity index (χ4n) is 0.793. The van der Waals surface area contributed by atoms with E-state index in [0.29, 0.717) is 10.6 Å². The summed E-state index contributed by atoms with van der Waals surface area (Å²) in [6.07, 6.45) is 1.57. The predicted octanol–water partition coefficient (Wildman–Crippen LogP) is 2.29. The molecule has 0 radical (unpaired) electrons. The lowest BCUT2D eigenvalue weighted by atomic mass is 10.4. The van der Waals surface area contributed by atoms with Crippen LogP contribution in [-0.2, 0) is 8.87 Å². The van der Waals surface area contributed by atoms with Crippen molar-refractivity contribution in [2.75, 3.05) is 5.75 Å². The Balaban J connectivity index is 2.88. The zero-order valence-electron chi connectivity index (χ0n) is 7.01. The third-order valence-corrected chi connectivity index (χ3v) is 4.82. The van der Waals surface area contributed by atoms with E-state index >= 15 is 0 Å². The molecule has 1 aromatic rings. The van der Waals surface area contributed by atoms with Gasteiger partial charge in [-0.2, -0.15) is 0 Å². The van der Waals surface area contributed by atoms with E-state index in [0.717, 1.165) is 10.8 Å². The molecule has 0 atom stereocenters. The standard InChI is InChI=1S/C9H10O2S2/c1-2-8-12-13(10,11)9-6-4-3-5-7-9/h2-7H,1,8H2. The first-order chi connectivity index (χ1) is 6.17. The highest BCUT2D eigenvalue weighted by atomic mass is 33.1. The Bertz CT molecular complexity index is 368. The number of rotatable bonds is 4. The van der Waals surface area contributed by atoms with Crippen molar-refractivity contribution in [3.63, 3.8) is 0 Å². The Kier molecular flexibility index (Phi) is 3.57. The summed E-state index contributed by atoms with van der Waals surface area (Å²) < 4.78 is 23.0. The molecule has 0 aliphatic heterocycles. The largest absolute Gasteiger partial charge is 0.230 e. The molecular weight excluding hydrogens is 204 g/mol. The molecule has 0 fully saturated rings. The van der Waals surface area contributed by atoms with Gasteiger partial charge in [-0.3, -0.25) is 0 Å². The van der Waals surface area contributed by atoms with E-state index < -0.39 is 8.87 Å². The Morgan fingerprint density at radius 1 is 1.31 bits per heavy atom. The van der Waals surface area contributed by atoms with E-state index in [1.807, 2.05) is 0 Å². The molecule has 0 N–H and O–H groups in total. The Morgan fingerprint density at radius 3 is 2.46 bits per heavy atom. The van der Waals surface area contributed by atoms with E-state index in [9.17, 15) is 8.42 Å². The second-order valence-corrected chi connectivity index (χ2v) is 6.31. The maximum Gasteiger partial charge on any atom is 0.230 e. The molecule has 2 nitrogen and oxygen atoms in total. The van der Waals surface area contributed by atoms with Gasteiger partial charge in [0.25, 0.3) is 0 Å². The SMILES string of the molecule is C=CCSS(=O)(=O)c1ccccc1. The van der Waals surface area contributed by atoms with Gasteiger partial charge >= 0.3 is 0 Å². The lowest BCUT2D eigenvalue weighted by Gasteiger charge is -2.00. The van der Waals surface area contributed by atoms with Crippen molar-refractivity contribution < 1.29 is 8.42 Å². The van der Waals surface area contributed by atoms with Crippen LogP contribution in [0.15, 0.2) is 47.9 Å². The van der Waals surface area contributed by atoms with Crippen LogP contribution >= 0.6 is 10.8 Å². The van der Waals surface area contributed by atoms with Gasteiger partial charge in [0.2, 0.25) is 8.87 Å². The van der Waals surface area contributed by atoms with Crippen LogP contribution in [0.1, 0.15) is 0 Å². The molecule has 0 aliphatic rings. The summed E-state index contributed by atoms with van der Waals surface area (Å²) in [4.78, 5) is 0.349. The normalized spacial score (nSPS) is 11.1. The molecule has 0 amide bonds. The monoisotopic (exact) mass is 214 g/mol. The molecule has 4 heteroatoms. The third kappa shape index (κ3) is 2.90. The van der Waals surface area contributed by atoms with Crippen LogP contribution in [0, 0.1) is 0 Å². The van der Waals surface area contributed by atoms with Crippen LogP contribution < -0.4 is 0 Å². The van der Waals surface area contributed by atoms with Gasteiger partial charge in [-0.15, -0.1) is 6.58 Å². The summed E-state index contributed by atoms with van der Waals surface area (Å²) in [6.45, 7) is 3.47. The molecule has 0 saturated carbocycles. The first-order valence-corrected chi connectivity index (χ1v) is 6.71. The third-order valence-electron chi connectivity index (χ3n) is 1.37. The minimum absolute atomic E-state index is 0.349. The van der Waals surface area contributed by atoms with Crippen molar-refractivity contribution in [1.29, 1.82) is 0 Å². The minimum Gasteiger partial charge on any atom is -0.212 e. The molecule has 0 heterocycles. The molecule has 0 aliphatic carbocycles. The highest BCUT2D eigenvalue weighted by Crippen LogP contribution is 2.22. The summed E-state index contributed by atoms with van der Waals surface area (Å²) in [5, 5.41) is 0. The van der Waals surface area contributed by atoms with Crippen molar-refractivity contribution in [2.45, 2.75) is 4.90 Å². The molecule has 0 saturated heterocycles. The Morgan fingerprint density at radius 2 is 1.92 bits per heavy atom. The maximum absolute atomic E-state index is 11.5. The summed E-state index contributed by atoms with van der Waals surface area (Å²) in [7, 11) is -2.29. The summed E-state index contributed by atoms with van der Waals surface area (Å²) >= 11 is 0. The van der Waals surface area contributed by atoms with Crippen LogP contribution in [0.5, 0.6) is 0 Å². The molecule has 70 valence electrons. The van der Waals surface area contributed by atoms with Gasteiger partial charge in [-0.25, -0.2) is 8.42 Å². The van der Waals surface area contributed by atoms with Gasteiger partial charge < -0.3 is 0 Å². The summed E-state index contributed by atoms with van der Waals surface area (Å²) in [5.41, 5.74) is 0. The summed E-state index contributed by atoms with van der Waals surface area (Å²) in [5.74, 6) is 0.414. The molecular formula is C9H10O2S2. The van der Waals surface area contributed by atoms with Gasteiger partial charge in [0, 0.05) is 5.75 Å². The molecule has 0 unspecified atom stereocenters. The van der Waals surface area contributed by atoms with Crippen molar-refractivity contribution in [1.82, 2.24) is 0 Å². The van der Waals surface area contributed by atoms with Crippen molar-refractivity contribution in [3.05, 3.63) is 43.0 Å². The molecule has 1 aromatic carbocycles. The van der Waals surface area contributed by atoms with Crippen LogP contribution in [0.2, 0.25) is 0 Å². The summed E-state index contributed by atoms with van der Waals surface area (Å²) in [6, 6.07) is 8.39. The fraction of sp³-hybridized carbons (Fsp3) is 0.111. The zero-order valence-corrected chi connectivity index (χ0v) is 8.64. The first kappa shape index (κ1) is 10.3. The van der Waals surface area contributed by atoms with Gasteiger partial charge in [0.05, 0.1) is 4.90 Å². The lowest BCUT2D eigenvalue weighted by Crippen LogP contribution is -1.94. The van der Waals surface area contributed by atoms with Gasteiger partial charge in [0.1, 0.15) is 0 Å². The fourth-order valence-corrected chi connectivity index (χ4v) is 3.26. The van der Waals surface area contributed by atoms with Crippen LogP contribution in [0.4, 0.5) is 0 Å². The number of hydrogen-bond donors (Lipinski definition) is 0. The first-order valence-electron chi connectivity index (χ1n) is 3.72. The highest BCUT2D eigenvalue weighted by Gasteiger charge is 2.12. The smallest absolute Gasteiger partial charge is 0.212 e. The molecule has 0 bridgehead atoms. The van der Waals surface area contributed by atoms with Gasteiger partial charge in [0.15, 0.2) is 0 Å². The maximum atomic E-state index is 11.5. The Labute approximate surface area is 82.0 Å². The van der Waals surface area contributed by atoms with E-state index in [4.69, 9.17) is 0 Å². The number of hydrogen-bond acceptors (Lipinski definition) is 3. The van der Waals surface area contributed by atoms with Crippen molar-refractivity contribution in [2.24, 2.45) is 0 Å². The van der Waals surface area contributed by atoms with Gasteiger partial charge in [-0.1, -0.05) is 24.3 Å². The number of benzene rings is 1. The van der Waals surface area contributed by atoms with Gasteiger partial charge in [-0.05, 0) is 22.9 Å². The molecule has 0 aromatic heterocycles. The minimum atomic E-state index is -3.18. The average Bonchev–Trinajstić information content (AvgIpc) is 2.16. The second kappa shape index (κ2) is 4.48. The lowest BCUT2D eigenvalue weighted by molar-refractivity contribution is 0.610. The van der Waals surface area contributed by atoms with Crippen LogP contribution in [0.3, 0.4) is 0 Å². The van der Waals surface area contributed by atoms with Crippen LogP contribution in [0.25, 0.3) is 0 Å². The van der Waals surface area contributed by atoms with E-state index in [1.165, 1.54) is 0 Å².